The molecule has 2 saturated heterocycles. The first-order chi connectivity index (χ1) is 13.3. The van der Waals surface area contributed by atoms with Crippen molar-refractivity contribution in [2.75, 3.05) is 5.32 Å². The second kappa shape index (κ2) is 7.29. The summed E-state index contributed by atoms with van der Waals surface area (Å²) in [4.78, 5) is 12.5. The van der Waals surface area contributed by atoms with E-state index in [0.29, 0.717) is 35.1 Å². The van der Waals surface area contributed by atoms with Gasteiger partial charge in [-0.05, 0) is 61.4 Å². The monoisotopic (exact) mass is 411 g/mol. The van der Waals surface area contributed by atoms with Crippen LogP contribution in [0.25, 0.3) is 0 Å². The standard InChI is InChI=1S/C20H17ClF3NO3/c21-11-1-5-13(6-2-11)27-14-7-3-12(4-8-14)25-19(26)17-15-9-10-16(28-15)18(17)20(22,23)24/h1-8,15-18H,9-10H2,(H,25,26). The Morgan fingerprint density at radius 2 is 1.57 bits per heavy atom. The molecule has 8 heteroatoms. The van der Waals surface area contributed by atoms with Crippen molar-refractivity contribution in [2.24, 2.45) is 11.8 Å². The topological polar surface area (TPSA) is 47.6 Å². The molecule has 2 bridgehead atoms. The molecule has 4 rings (SSSR count). The SMILES string of the molecule is O=C(Nc1ccc(Oc2ccc(Cl)cc2)cc1)C1C2CCC(O2)C1C(F)(F)F. The Labute approximate surface area is 164 Å². The summed E-state index contributed by atoms with van der Waals surface area (Å²) in [5.74, 6) is -2.52. The third-order valence-corrected chi connectivity index (χ3v) is 5.38. The predicted octanol–water partition coefficient (Wildman–Crippen LogP) is 5.43. The van der Waals surface area contributed by atoms with Crippen LogP contribution in [0.2, 0.25) is 5.02 Å². The maximum atomic E-state index is 13.4. The van der Waals surface area contributed by atoms with Crippen molar-refractivity contribution in [1.29, 1.82) is 0 Å². The molecule has 0 saturated carbocycles. The third-order valence-electron chi connectivity index (χ3n) is 5.13. The molecule has 4 atom stereocenters. The molecule has 148 valence electrons. The van der Waals surface area contributed by atoms with Gasteiger partial charge >= 0.3 is 6.18 Å². The number of hydrogen-bond donors (Lipinski definition) is 1. The maximum absolute atomic E-state index is 13.4. The lowest BCUT2D eigenvalue weighted by atomic mass is 9.78. The van der Waals surface area contributed by atoms with Gasteiger partial charge in [-0.25, -0.2) is 0 Å². The molecule has 2 aromatic carbocycles. The van der Waals surface area contributed by atoms with E-state index in [2.05, 4.69) is 5.32 Å². The molecule has 2 fully saturated rings. The molecule has 2 aliphatic heterocycles. The van der Waals surface area contributed by atoms with Gasteiger partial charge in [0.15, 0.2) is 0 Å². The van der Waals surface area contributed by atoms with Gasteiger partial charge in [0.2, 0.25) is 5.91 Å². The Morgan fingerprint density at radius 3 is 2.18 bits per heavy atom. The van der Waals surface area contributed by atoms with E-state index in [1.807, 2.05) is 0 Å². The molecule has 0 aliphatic carbocycles. The number of fused-ring (bicyclic) bond motifs is 2. The van der Waals surface area contributed by atoms with E-state index < -0.39 is 36.1 Å². The molecule has 0 radical (unpaired) electrons. The third kappa shape index (κ3) is 3.82. The number of alkyl halides is 3. The van der Waals surface area contributed by atoms with Crippen LogP contribution in [-0.2, 0) is 9.53 Å². The van der Waals surface area contributed by atoms with Gasteiger partial charge in [0.25, 0.3) is 0 Å². The minimum absolute atomic E-state index is 0.343. The van der Waals surface area contributed by atoms with E-state index in [4.69, 9.17) is 21.1 Å². The van der Waals surface area contributed by atoms with Gasteiger partial charge in [-0.2, -0.15) is 13.2 Å². The molecule has 0 spiro atoms. The van der Waals surface area contributed by atoms with Gasteiger partial charge < -0.3 is 14.8 Å². The fourth-order valence-corrected chi connectivity index (χ4v) is 4.02. The number of rotatable bonds is 4. The molecule has 28 heavy (non-hydrogen) atoms. The van der Waals surface area contributed by atoms with Crippen LogP contribution < -0.4 is 10.1 Å². The largest absolute Gasteiger partial charge is 0.457 e. The summed E-state index contributed by atoms with van der Waals surface area (Å²) in [6.07, 6.45) is -5.24. The van der Waals surface area contributed by atoms with E-state index in [1.165, 1.54) is 0 Å². The van der Waals surface area contributed by atoms with Crippen molar-refractivity contribution in [3.8, 4) is 11.5 Å². The summed E-state index contributed by atoms with van der Waals surface area (Å²) >= 11 is 5.82. The smallest absolute Gasteiger partial charge is 0.395 e. The minimum atomic E-state index is -4.46. The Morgan fingerprint density at radius 1 is 1.00 bits per heavy atom. The van der Waals surface area contributed by atoms with Crippen LogP contribution >= 0.6 is 11.6 Å². The van der Waals surface area contributed by atoms with Crippen molar-refractivity contribution in [1.82, 2.24) is 0 Å². The van der Waals surface area contributed by atoms with Crippen molar-refractivity contribution in [3.05, 3.63) is 53.6 Å². The lowest BCUT2D eigenvalue weighted by Crippen LogP contribution is -2.44. The first-order valence-electron chi connectivity index (χ1n) is 8.88. The first-order valence-corrected chi connectivity index (χ1v) is 9.25. The second-order valence-electron chi connectivity index (χ2n) is 6.95. The fraction of sp³-hybridized carbons (Fsp3) is 0.350. The Hall–Kier alpha value is -2.25. The highest BCUT2D eigenvalue weighted by Gasteiger charge is 2.62. The highest BCUT2D eigenvalue weighted by Crippen LogP contribution is 2.50. The zero-order valence-electron chi connectivity index (χ0n) is 14.6. The number of carbonyl (C=O) groups is 1. The normalized spacial score (nSPS) is 26.3. The molecule has 2 aromatic rings. The average Bonchev–Trinajstić information content (AvgIpc) is 3.26. The van der Waals surface area contributed by atoms with Gasteiger partial charge in [-0.3, -0.25) is 4.79 Å². The number of amides is 1. The summed E-state index contributed by atoms with van der Waals surface area (Å²) < 4.78 is 51.1. The number of ether oxygens (including phenoxy) is 2. The lowest BCUT2D eigenvalue weighted by molar-refractivity contribution is -0.196. The molecule has 2 aliphatic rings. The van der Waals surface area contributed by atoms with Crippen LogP contribution in [0, 0.1) is 11.8 Å². The van der Waals surface area contributed by atoms with Crippen molar-refractivity contribution >= 4 is 23.2 Å². The van der Waals surface area contributed by atoms with Crippen molar-refractivity contribution in [3.63, 3.8) is 0 Å². The molecule has 4 nitrogen and oxygen atoms in total. The molecule has 0 aromatic heterocycles. The zero-order chi connectivity index (χ0) is 19.9. The molecule has 4 unspecified atom stereocenters. The lowest BCUT2D eigenvalue weighted by Gasteiger charge is -2.28. The fourth-order valence-electron chi connectivity index (χ4n) is 3.90. The molecule has 1 amide bonds. The maximum Gasteiger partial charge on any atom is 0.395 e. The van der Waals surface area contributed by atoms with Crippen LogP contribution in [-0.4, -0.2) is 24.3 Å². The van der Waals surface area contributed by atoms with Crippen LogP contribution in [0.15, 0.2) is 48.5 Å². The summed E-state index contributed by atoms with van der Waals surface area (Å²) in [6.45, 7) is 0. The average molecular weight is 412 g/mol. The second-order valence-corrected chi connectivity index (χ2v) is 7.39. The highest BCUT2D eigenvalue weighted by molar-refractivity contribution is 6.30. The van der Waals surface area contributed by atoms with E-state index in [0.717, 1.165) is 0 Å². The molecule has 1 N–H and O–H groups in total. The quantitative estimate of drug-likeness (QED) is 0.730. The van der Waals surface area contributed by atoms with Crippen LogP contribution in [0.3, 0.4) is 0 Å². The zero-order valence-corrected chi connectivity index (χ0v) is 15.3. The first kappa shape index (κ1) is 19.1. The predicted molar refractivity (Wildman–Crippen MR) is 97.5 cm³/mol. The number of nitrogens with one attached hydrogen (secondary N) is 1. The summed E-state index contributed by atoms with van der Waals surface area (Å²) in [6, 6.07) is 13.2. The van der Waals surface area contributed by atoms with Gasteiger partial charge in [0.1, 0.15) is 11.5 Å². The number of anilines is 1. The van der Waals surface area contributed by atoms with E-state index in [-0.39, 0.29) is 0 Å². The number of hydrogen-bond acceptors (Lipinski definition) is 3. The Bertz CT molecular complexity index is 854. The van der Waals surface area contributed by atoms with Crippen LogP contribution in [0.1, 0.15) is 12.8 Å². The van der Waals surface area contributed by atoms with Gasteiger partial charge in [-0.15, -0.1) is 0 Å². The molecular weight excluding hydrogens is 395 g/mol. The summed E-state index contributed by atoms with van der Waals surface area (Å²) in [7, 11) is 0. The van der Waals surface area contributed by atoms with E-state index >= 15 is 0 Å². The Kier molecular flexibility index (Phi) is 4.97. The minimum Gasteiger partial charge on any atom is -0.457 e. The van der Waals surface area contributed by atoms with E-state index in [9.17, 15) is 18.0 Å². The van der Waals surface area contributed by atoms with Crippen LogP contribution in [0.5, 0.6) is 11.5 Å². The molecule has 2 heterocycles. The Balaban J connectivity index is 1.42. The highest BCUT2D eigenvalue weighted by atomic mass is 35.5. The number of halogens is 4. The summed E-state index contributed by atoms with van der Waals surface area (Å²) in [5.41, 5.74) is 0.400. The van der Waals surface area contributed by atoms with Gasteiger partial charge in [-0.1, -0.05) is 11.6 Å². The number of carbonyl (C=O) groups excluding carboxylic acids is 1. The van der Waals surface area contributed by atoms with Crippen molar-refractivity contribution in [2.45, 2.75) is 31.2 Å². The van der Waals surface area contributed by atoms with Gasteiger partial charge in [0.05, 0.1) is 24.0 Å². The van der Waals surface area contributed by atoms with Crippen molar-refractivity contribution < 1.29 is 27.4 Å². The van der Waals surface area contributed by atoms with Crippen LogP contribution in [0.4, 0.5) is 18.9 Å². The van der Waals surface area contributed by atoms with E-state index in [1.54, 1.807) is 48.5 Å². The summed E-state index contributed by atoms with van der Waals surface area (Å²) in [5, 5.41) is 3.17. The number of benzene rings is 2. The molecular formula is C20H17ClF3NO3. The van der Waals surface area contributed by atoms with Gasteiger partial charge in [0, 0.05) is 10.7 Å².